The van der Waals surface area contributed by atoms with Crippen molar-refractivity contribution in [3.63, 3.8) is 0 Å². The van der Waals surface area contributed by atoms with Crippen molar-refractivity contribution in [2.45, 2.75) is 47.7 Å². The zero-order valence-electron chi connectivity index (χ0n) is 12.5. The van der Waals surface area contributed by atoms with E-state index in [-0.39, 0.29) is 0 Å². The summed E-state index contributed by atoms with van der Waals surface area (Å²) in [5, 5.41) is 0. The Morgan fingerprint density at radius 2 is 1.00 bits per heavy atom. The van der Waals surface area contributed by atoms with Gasteiger partial charge in [-0.25, -0.2) is 0 Å². The van der Waals surface area contributed by atoms with Gasteiger partial charge in [0, 0.05) is 0 Å². The molecule has 0 rings (SSSR count). The van der Waals surface area contributed by atoms with Crippen molar-refractivity contribution in [1.82, 2.24) is 0 Å². The van der Waals surface area contributed by atoms with Crippen molar-refractivity contribution in [1.29, 1.82) is 0 Å². The maximum absolute atomic E-state index is 5.71. The van der Waals surface area contributed by atoms with Gasteiger partial charge >= 0.3 is 127 Å². The molecule has 0 aliphatic rings. The number of hydrogen-bond acceptors (Lipinski definition) is 4. The van der Waals surface area contributed by atoms with Crippen LogP contribution in [0.1, 0.15) is 41.5 Å². The molecule has 0 heterocycles. The van der Waals surface area contributed by atoms with Crippen LogP contribution in [0.2, 0.25) is 0 Å². The topological polar surface area (TPSA) is 36.9 Å². The van der Waals surface area contributed by atoms with Gasteiger partial charge in [-0.15, -0.1) is 0 Å². The van der Waals surface area contributed by atoms with Gasteiger partial charge in [-0.2, -0.15) is 0 Å². The predicted molar refractivity (Wildman–Crippen MR) is 66.2 cm³/mol. The van der Waals surface area contributed by atoms with E-state index in [1.54, 1.807) is 0 Å². The van der Waals surface area contributed by atoms with Crippen molar-refractivity contribution in [3.8, 4) is 0 Å². The fourth-order valence-electron chi connectivity index (χ4n) is 1.02. The molecule has 0 aliphatic heterocycles. The number of rotatable bonds is 10. The van der Waals surface area contributed by atoms with Crippen molar-refractivity contribution < 1.29 is 41.9 Å². The summed E-state index contributed by atoms with van der Waals surface area (Å²) in [5.41, 5.74) is 0. The van der Waals surface area contributed by atoms with Crippen LogP contribution >= 0.6 is 0 Å². The van der Waals surface area contributed by atoms with E-state index in [4.69, 9.17) is 17.1 Å². The molecule has 0 radical (unpaired) electrons. The second kappa shape index (κ2) is 9.59. The van der Waals surface area contributed by atoms with Crippen molar-refractivity contribution >= 4 is 0 Å². The van der Waals surface area contributed by atoms with Gasteiger partial charge < -0.3 is 0 Å². The molecular weight excluding hydrogens is 399 g/mol. The molecule has 0 aromatic rings. The predicted octanol–water partition coefficient (Wildman–Crippen LogP) is 3.09. The first-order valence-corrected chi connectivity index (χ1v) is 8.04. The van der Waals surface area contributed by atoms with Crippen molar-refractivity contribution in [2.75, 3.05) is 19.8 Å². The first-order chi connectivity index (χ1) is 8.31. The Morgan fingerprint density at radius 3 is 1.17 bits per heavy atom. The molecule has 0 aromatic carbocycles. The Labute approximate surface area is 127 Å². The molecule has 0 atom stereocenters. The zero-order chi connectivity index (χ0) is 14.2. The Bertz CT molecular complexity index is 176. The molecule has 0 bridgehead atoms. The van der Waals surface area contributed by atoms with E-state index in [0.717, 1.165) is 0 Å². The molecule has 0 aliphatic carbocycles. The summed E-state index contributed by atoms with van der Waals surface area (Å²) in [7, 11) is 0. The van der Waals surface area contributed by atoms with Crippen LogP contribution in [-0.4, -0.2) is 26.0 Å². The fourth-order valence-corrected chi connectivity index (χ4v) is 1.65. The summed E-state index contributed by atoms with van der Waals surface area (Å²) >= 11 is 0.501. The third-order valence-electron chi connectivity index (χ3n) is 1.91. The van der Waals surface area contributed by atoms with Crippen LogP contribution in [-0.2, 0) is 41.9 Å². The summed E-state index contributed by atoms with van der Waals surface area (Å²) in [6, 6.07) is 0. The standard InChI is InChI=1S/C13H27O4.Hf/c1-10(2)7-15-13(14,16-8-11(3)4)17-9-12(5)6;/h10-12H,7-9H2,1-6H3;/q-1;+1. The Balaban J connectivity index is 4.49. The molecular formula is C13H27HfO4. The van der Waals surface area contributed by atoms with Gasteiger partial charge in [0.2, 0.25) is 0 Å². The van der Waals surface area contributed by atoms with E-state index in [1.807, 2.05) is 0 Å². The molecule has 5 heteroatoms. The second-order valence-corrected chi connectivity index (χ2v) is 6.45. The Morgan fingerprint density at radius 1 is 0.722 bits per heavy atom. The maximum atomic E-state index is 5.71. The number of hydrogen-bond donors (Lipinski definition) is 0. The first kappa shape index (κ1) is 18.7. The molecule has 0 spiro atoms. The van der Waals surface area contributed by atoms with Crippen LogP contribution in [0, 0.1) is 17.8 Å². The molecule has 4 nitrogen and oxygen atoms in total. The molecule has 0 fully saturated rings. The van der Waals surface area contributed by atoms with Gasteiger partial charge in [-0.1, -0.05) is 0 Å². The van der Waals surface area contributed by atoms with E-state index in [9.17, 15) is 0 Å². The zero-order valence-corrected chi connectivity index (χ0v) is 16.1. The fraction of sp³-hybridized carbons (Fsp3) is 1.00. The molecule has 0 aromatic heterocycles. The minimum absolute atomic E-state index is 0.409. The van der Waals surface area contributed by atoms with Crippen LogP contribution in [0.3, 0.4) is 0 Å². The van der Waals surface area contributed by atoms with E-state index < -0.39 is 6.16 Å². The molecule has 107 valence electrons. The van der Waals surface area contributed by atoms with Gasteiger partial charge in [0.1, 0.15) is 0 Å². The molecule has 18 heavy (non-hydrogen) atoms. The quantitative estimate of drug-likeness (QED) is 0.398. The second-order valence-electron chi connectivity index (χ2n) is 5.72. The van der Waals surface area contributed by atoms with Gasteiger partial charge in [-0.05, 0) is 0 Å². The molecule has 0 saturated carbocycles. The third-order valence-corrected chi connectivity index (χ3v) is 2.80. The first-order valence-electron chi connectivity index (χ1n) is 6.58. The van der Waals surface area contributed by atoms with Gasteiger partial charge in [0.25, 0.3) is 0 Å². The van der Waals surface area contributed by atoms with Crippen LogP contribution in [0.25, 0.3) is 0 Å². The average molecular weight is 426 g/mol. The van der Waals surface area contributed by atoms with E-state index >= 15 is 0 Å². The van der Waals surface area contributed by atoms with Gasteiger partial charge in [0.15, 0.2) is 0 Å². The third kappa shape index (κ3) is 8.75. The van der Waals surface area contributed by atoms with Crippen LogP contribution in [0.5, 0.6) is 0 Å². The van der Waals surface area contributed by atoms with Gasteiger partial charge in [0.05, 0.1) is 0 Å². The number of ether oxygens (including phenoxy) is 3. The molecule has 0 N–H and O–H groups in total. The summed E-state index contributed by atoms with van der Waals surface area (Å²) < 4.78 is 22.6. The van der Waals surface area contributed by atoms with Crippen molar-refractivity contribution in [3.05, 3.63) is 0 Å². The monoisotopic (exact) mass is 427 g/mol. The Hall–Kier alpha value is 0.710. The van der Waals surface area contributed by atoms with Crippen LogP contribution < -0.4 is 0 Å². The van der Waals surface area contributed by atoms with Crippen LogP contribution in [0.15, 0.2) is 0 Å². The summed E-state index contributed by atoms with van der Waals surface area (Å²) in [4.78, 5) is 0. The average Bonchev–Trinajstić information content (AvgIpc) is 2.28. The molecule has 0 saturated heterocycles. The summed E-state index contributed by atoms with van der Waals surface area (Å²) in [5.74, 6) is 1.23. The van der Waals surface area contributed by atoms with Gasteiger partial charge in [-0.3, -0.25) is 0 Å². The van der Waals surface area contributed by atoms with Crippen LogP contribution in [0.4, 0.5) is 0 Å². The van der Waals surface area contributed by atoms with E-state index in [2.05, 4.69) is 41.5 Å². The van der Waals surface area contributed by atoms with Crippen molar-refractivity contribution in [2.24, 2.45) is 17.8 Å². The normalized spacial score (nSPS) is 12.9. The minimum atomic E-state index is -1.30. The SMILES string of the molecule is CC(C)COC([O][Hf])(OCC(C)C)OCC(C)C. The van der Waals surface area contributed by atoms with E-state index in [0.29, 0.717) is 62.4 Å². The summed E-state index contributed by atoms with van der Waals surface area (Å²) in [6.45, 7) is 14.2. The summed E-state index contributed by atoms with van der Waals surface area (Å²) in [6.07, 6.45) is -1.30. The Kier molecular flexibility index (Phi) is 9.97. The molecule has 0 amide bonds. The molecule has 0 unspecified atom stereocenters. The van der Waals surface area contributed by atoms with E-state index in [1.165, 1.54) is 0 Å².